The Bertz CT molecular complexity index is 521. The average molecular weight is 342 g/mol. The fraction of sp³-hybridized carbons (Fsp3) is 0.667. The molecule has 1 saturated carbocycles. The van der Waals surface area contributed by atoms with Crippen LogP contribution in [0.15, 0.2) is 24.3 Å². The second kappa shape index (κ2) is 7.74. The Kier molecular flexibility index (Phi) is 5.66. The van der Waals surface area contributed by atoms with Crippen LogP contribution in [0, 0.1) is 0 Å². The molecule has 2 aliphatic rings. The van der Waals surface area contributed by atoms with E-state index in [2.05, 4.69) is 17.0 Å². The maximum atomic E-state index is 12.4. The molecule has 0 spiro atoms. The largest absolute Gasteiger partial charge is 0.490 e. The normalized spacial score (nSPS) is 21.3. The van der Waals surface area contributed by atoms with Crippen LogP contribution < -0.4 is 4.74 Å². The van der Waals surface area contributed by atoms with E-state index >= 15 is 0 Å². The van der Waals surface area contributed by atoms with Crippen LogP contribution in [-0.2, 0) is 6.54 Å². The van der Waals surface area contributed by atoms with Crippen LogP contribution in [0.3, 0.4) is 0 Å². The molecule has 24 heavy (non-hydrogen) atoms. The smallest absolute Gasteiger partial charge is 0.401 e. The first kappa shape index (κ1) is 17.5. The Hall–Kier alpha value is -1.27. The van der Waals surface area contributed by atoms with Gasteiger partial charge in [0.05, 0.1) is 12.6 Å². The molecule has 1 aromatic rings. The number of rotatable bonds is 5. The summed E-state index contributed by atoms with van der Waals surface area (Å²) in [5.74, 6) is 0.912. The van der Waals surface area contributed by atoms with Crippen molar-refractivity contribution < 1.29 is 17.9 Å². The number of nitrogens with zero attached hydrogens (tertiary/aromatic N) is 2. The molecule has 134 valence electrons. The summed E-state index contributed by atoms with van der Waals surface area (Å²) in [6.07, 6.45) is 0.982. The SMILES string of the molecule is FC(F)(F)CN1CCN(Cc2cccc(OC3CCCC3)c2)CC1. The van der Waals surface area contributed by atoms with Crippen molar-refractivity contribution in [1.82, 2.24) is 9.80 Å². The van der Waals surface area contributed by atoms with Gasteiger partial charge in [-0.3, -0.25) is 9.80 Å². The average Bonchev–Trinajstić information content (AvgIpc) is 3.01. The molecular formula is C18H25F3N2O. The lowest BCUT2D eigenvalue weighted by molar-refractivity contribution is -0.149. The minimum absolute atomic E-state index is 0.339. The molecule has 1 aliphatic carbocycles. The number of halogens is 3. The molecule has 0 amide bonds. The maximum absolute atomic E-state index is 12.4. The Morgan fingerprint density at radius 2 is 1.67 bits per heavy atom. The van der Waals surface area contributed by atoms with Crippen LogP contribution in [0.1, 0.15) is 31.2 Å². The van der Waals surface area contributed by atoms with E-state index in [0.717, 1.165) is 30.7 Å². The van der Waals surface area contributed by atoms with E-state index in [1.807, 2.05) is 12.1 Å². The Morgan fingerprint density at radius 1 is 1.00 bits per heavy atom. The lowest BCUT2D eigenvalue weighted by Gasteiger charge is -2.35. The van der Waals surface area contributed by atoms with Gasteiger partial charge in [-0.15, -0.1) is 0 Å². The molecule has 0 radical (unpaired) electrons. The molecule has 1 heterocycles. The summed E-state index contributed by atoms with van der Waals surface area (Å²) in [5, 5.41) is 0. The first-order chi connectivity index (χ1) is 11.5. The second-order valence-corrected chi connectivity index (χ2v) is 6.84. The van der Waals surface area contributed by atoms with E-state index in [4.69, 9.17) is 4.74 Å². The summed E-state index contributed by atoms with van der Waals surface area (Å²) in [4.78, 5) is 3.69. The van der Waals surface area contributed by atoms with Gasteiger partial charge in [0, 0.05) is 32.7 Å². The van der Waals surface area contributed by atoms with Crippen molar-refractivity contribution in [3.8, 4) is 5.75 Å². The van der Waals surface area contributed by atoms with Crippen LogP contribution in [0.4, 0.5) is 13.2 Å². The molecule has 0 atom stereocenters. The van der Waals surface area contributed by atoms with Crippen molar-refractivity contribution in [3.05, 3.63) is 29.8 Å². The monoisotopic (exact) mass is 342 g/mol. The highest BCUT2D eigenvalue weighted by Gasteiger charge is 2.32. The van der Waals surface area contributed by atoms with Gasteiger partial charge in [0.1, 0.15) is 5.75 Å². The van der Waals surface area contributed by atoms with Crippen LogP contribution in [-0.4, -0.2) is 54.8 Å². The molecule has 3 rings (SSSR count). The van der Waals surface area contributed by atoms with E-state index in [-0.39, 0.29) is 0 Å². The highest BCUT2D eigenvalue weighted by atomic mass is 19.4. The van der Waals surface area contributed by atoms with E-state index in [1.54, 1.807) is 0 Å². The summed E-state index contributed by atoms with van der Waals surface area (Å²) < 4.78 is 43.3. The third kappa shape index (κ3) is 5.38. The third-order valence-corrected chi connectivity index (χ3v) is 4.78. The number of hydrogen-bond acceptors (Lipinski definition) is 3. The highest BCUT2D eigenvalue weighted by molar-refractivity contribution is 5.28. The Morgan fingerprint density at radius 3 is 2.33 bits per heavy atom. The zero-order valence-electron chi connectivity index (χ0n) is 13.9. The number of alkyl halides is 3. The van der Waals surface area contributed by atoms with Gasteiger partial charge in [-0.05, 0) is 43.4 Å². The van der Waals surface area contributed by atoms with Crippen LogP contribution in [0.25, 0.3) is 0 Å². The molecule has 1 aliphatic heterocycles. The van der Waals surface area contributed by atoms with Gasteiger partial charge in [0.25, 0.3) is 0 Å². The lowest BCUT2D eigenvalue weighted by Crippen LogP contribution is -2.48. The van der Waals surface area contributed by atoms with Gasteiger partial charge in [0.2, 0.25) is 0 Å². The summed E-state index contributed by atoms with van der Waals surface area (Å²) in [6.45, 7) is 2.25. The van der Waals surface area contributed by atoms with Crippen molar-refractivity contribution in [2.75, 3.05) is 32.7 Å². The van der Waals surface area contributed by atoms with Gasteiger partial charge in [0.15, 0.2) is 0 Å². The highest BCUT2D eigenvalue weighted by Crippen LogP contribution is 2.25. The number of benzene rings is 1. The van der Waals surface area contributed by atoms with Crippen molar-refractivity contribution in [3.63, 3.8) is 0 Å². The fourth-order valence-corrected chi connectivity index (χ4v) is 3.53. The maximum Gasteiger partial charge on any atom is 0.401 e. The molecule has 6 heteroatoms. The first-order valence-corrected chi connectivity index (χ1v) is 8.75. The quantitative estimate of drug-likeness (QED) is 0.812. The fourth-order valence-electron chi connectivity index (χ4n) is 3.53. The molecule has 2 fully saturated rings. The van der Waals surface area contributed by atoms with Crippen molar-refractivity contribution >= 4 is 0 Å². The Labute approximate surface area is 141 Å². The number of hydrogen-bond donors (Lipinski definition) is 0. The number of piperazine rings is 1. The van der Waals surface area contributed by atoms with Gasteiger partial charge in [-0.2, -0.15) is 13.2 Å². The predicted molar refractivity (Wildman–Crippen MR) is 87.1 cm³/mol. The van der Waals surface area contributed by atoms with E-state index in [1.165, 1.54) is 17.7 Å². The molecule has 0 bridgehead atoms. The standard InChI is InChI=1S/C18H25F3N2O/c19-18(20,21)14-23-10-8-22(9-11-23)13-15-4-3-7-17(12-15)24-16-5-1-2-6-16/h3-4,7,12,16H,1-2,5-6,8-11,13-14H2. The van der Waals surface area contributed by atoms with E-state index in [9.17, 15) is 13.2 Å². The first-order valence-electron chi connectivity index (χ1n) is 8.75. The molecular weight excluding hydrogens is 317 g/mol. The molecule has 1 aromatic carbocycles. The third-order valence-electron chi connectivity index (χ3n) is 4.78. The van der Waals surface area contributed by atoms with Gasteiger partial charge < -0.3 is 4.74 Å². The lowest BCUT2D eigenvalue weighted by atomic mass is 10.2. The molecule has 0 unspecified atom stereocenters. The number of ether oxygens (including phenoxy) is 1. The minimum atomic E-state index is -4.10. The summed E-state index contributed by atoms with van der Waals surface area (Å²) in [7, 11) is 0. The second-order valence-electron chi connectivity index (χ2n) is 6.84. The van der Waals surface area contributed by atoms with Crippen LogP contribution in [0.2, 0.25) is 0 Å². The zero-order chi connectivity index (χ0) is 17.0. The van der Waals surface area contributed by atoms with E-state index in [0.29, 0.717) is 32.3 Å². The molecule has 3 nitrogen and oxygen atoms in total. The minimum Gasteiger partial charge on any atom is -0.490 e. The topological polar surface area (TPSA) is 15.7 Å². The predicted octanol–water partition coefficient (Wildman–Crippen LogP) is 3.69. The van der Waals surface area contributed by atoms with Crippen molar-refractivity contribution in [1.29, 1.82) is 0 Å². The van der Waals surface area contributed by atoms with Gasteiger partial charge in [-0.1, -0.05) is 12.1 Å². The summed E-state index contributed by atoms with van der Waals surface area (Å²) >= 11 is 0. The molecule has 0 N–H and O–H groups in total. The van der Waals surface area contributed by atoms with E-state index < -0.39 is 12.7 Å². The van der Waals surface area contributed by atoms with Gasteiger partial charge >= 0.3 is 6.18 Å². The molecule has 0 aromatic heterocycles. The molecule has 1 saturated heterocycles. The zero-order valence-corrected chi connectivity index (χ0v) is 13.9. The van der Waals surface area contributed by atoms with Gasteiger partial charge in [-0.25, -0.2) is 0 Å². The Balaban J connectivity index is 1.48. The summed E-state index contributed by atoms with van der Waals surface area (Å²) in [6, 6.07) is 8.12. The van der Waals surface area contributed by atoms with Crippen molar-refractivity contribution in [2.45, 2.75) is 44.5 Å². The van der Waals surface area contributed by atoms with Crippen molar-refractivity contribution in [2.24, 2.45) is 0 Å². The van der Waals surface area contributed by atoms with Crippen LogP contribution in [0.5, 0.6) is 5.75 Å². The van der Waals surface area contributed by atoms with Crippen LogP contribution >= 0.6 is 0 Å². The summed E-state index contributed by atoms with van der Waals surface area (Å²) in [5.41, 5.74) is 1.16.